The van der Waals surface area contributed by atoms with E-state index in [0.29, 0.717) is 0 Å². The lowest BCUT2D eigenvalue weighted by Crippen LogP contribution is -2.05. The van der Waals surface area contributed by atoms with Gasteiger partial charge in [-0.2, -0.15) is 5.10 Å². The van der Waals surface area contributed by atoms with Gasteiger partial charge in [-0.1, -0.05) is 6.07 Å². The summed E-state index contributed by atoms with van der Waals surface area (Å²) in [6.45, 7) is 0.923. The van der Waals surface area contributed by atoms with Gasteiger partial charge in [0.1, 0.15) is 5.82 Å². The Hall–Kier alpha value is -1.88. The van der Waals surface area contributed by atoms with Crippen LogP contribution in [0.2, 0.25) is 0 Å². The molecular weight excluding hydrogens is 244 g/mol. The first kappa shape index (κ1) is 11.2. The van der Waals surface area contributed by atoms with Crippen LogP contribution in [-0.2, 0) is 20.0 Å². The summed E-state index contributed by atoms with van der Waals surface area (Å²) in [7, 11) is 1.98. The van der Waals surface area contributed by atoms with E-state index in [9.17, 15) is 0 Å². The molecule has 3 aromatic rings. The van der Waals surface area contributed by atoms with Crippen LogP contribution in [0, 0.1) is 0 Å². The minimum Gasteiger partial charge on any atom is -0.330 e. The average Bonchev–Trinajstić information content (AvgIpc) is 3.07. The predicted molar refractivity (Wildman–Crippen MR) is 72.5 cm³/mol. The lowest BCUT2D eigenvalue weighted by molar-refractivity contribution is 0.641. The van der Waals surface area contributed by atoms with E-state index in [0.717, 1.165) is 18.8 Å². The van der Waals surface area contributed by atoms with E-state index < -0.39 is 0 Å². The third-order valence-corrected chi connectivity index (χ3v) is 3.85. The highest BCUT2D eigenvalue weighted by molar-refractivity contribution is 7.13. The van der Waals surface area contributed by atoms with Crippen LogP contribution in [0.15, 0.2) is 42.2 Å². The average molecular weight is 258 g/mol. The van der Waals surface area contributed by atoms with Crippen LogP contribution in [0.1, 0.15) is 5.69 Å². The van der Waals surface area contributed by atoms with Crippen molar-refractivity contribution >= 4 is 11.3 Å². The summed E-state index contributed by atoms with van der Waals surface area (Å²) in [5.74, 6) is 1.05. The zero-order valence-corrected chi connectivity index (χ0v) is 11.0. The molecule has 3 rings (SSSR count). The van der Waals surface area contributed by atoms with Gasteiger partial charge < -0.3 is 4.57 Å². The highest BCUT2D eigenvalue weighted by atomic mass is 32.1. The summed E-state index contributed by atoms with van der Waals surface area (Å²) in [4.78, 5) is 5.64. The summed E-state index contributed by atoms with van der Waals surface area (Å²) >= 11 is 1.72. The monoisotopic (exact) mass is 258 g/mol. The fraction of sp³-hybridized carbons (Fsp3) is 0.231. The van der Waals surface area contributed by atoms with Gasteiger partial charge >= 0.3 is 0 Å². The SMILES string of the molecule is Cn1nccc1CCn1ccnc1-c1cccs1. The maximum absolute atomic E-state index is 4.43. The Morgan fingerprint density at radius 3 is 2.94 bits per heavy atom. The zero-order chi connectivity index (χ0) is 12.4. The summed E-state index contributed by atoms with van der Waals surface area (Å²) in [6.07, 6.45) is 6.69. The van der Waals surface area contributed by atoms with Crippen molar-refractivity contribution in [2.75, 3.05) is 0 Å². The van der Waals surface area contributed by atoms with Crippen molar-refractivity contribution in [3.05, 3.63) is 47.9 Å². The molecular formula is C13H14N4S. The third kappa shape index (κ3) is 2.09. The van der Waals surface area contributed by atoms with Gasteiger partial charge in [-0.15, -0.1) is 11.3 Å². The van der Waals surface area contributed by atoms with Gasteiger partial charge in [0.05, 0.1) is 4.88 Å². The largest absolute Gasteiger partial charge is 0.330 e. The molecule has 0 aliphatic rings. The Kier molecular flexibility index (Phi) is 2.98. The quantitative estimate of drug-likeness (QED) is 0.721. The number of rotatable bonds is 4. The Bertz CT molecular complexity index is 621. The fourth-order valence-corrected chi connectivity index (χ4v) is 2.74. The number of aromatic nitrogens is 4. The standard InChI is InChI=1S/C13H14N4S/c1-16-11(4-6-15-16)5-8-17-9-7-14-13(17)12-3-2-10-18-12/h2-4,6-7,9-10H,5,8H2,1H3. The van der Waals surface area contributed by atoms with Gasteiger partial charge in [0, 0.05) is 44.3 Å². The lowest BCUT2D eigenvalue weighted by Gasteiger charge is -2.06. The number of imidazole rings is 1. The summed E-state index contributed by atoms with van der Waals surface area (Å²) in [5.41, 5.74) is 1.24. The second-order valence-corrected chi connectivity index (χ2v) is 5.07. The maximum Gasteiger partial charge on any atom is 0.149 e. The molecule has 0 unspecified atom stereocenters. The van der Waals surface area contributed by atoms with Crippen molar-refractivity contribution in [1.29, 1.82) is 0 Å². The molecule has 3 aromatic heterocycles. The molecule has 0 atom stereocenters. The molecule has 0 aromatic carbocycles. The summed E-state index contributed by atoms with van der Waals surface area (Å²) in [5, 5.41) is 6.26. The number of hydrogen-bond donors (Lipinski definition) is 0. The summed E-state index contributed by atoms with van der Waals surface area (Å²) < 4.78 is 4.11. The number of hydrogen-bond acceptors (Lipinski definition) is 3. The fourth-order valence-electron chi connectivity index (χ4n) is 2.00. The Morgan fingerprint density at radius 1 is 1.28 bits per heavy atom. The molecule has 0 saturated carbocycles. The number of nitrogens with zero attached hydrogens (tertiary/aromatic N) is 4. The highest BCUT2D eigenvalue weighted by Crippen LogP contribution is 2.22. The Balaban J connectivity index is 1.78. The van der Waals surface area contributed by atoms with Gasteiger partial charge in [-0.05, 0) is 17.5 Å². The molecule has 3 heterocycles. The van der Waals surface area contributed by atoms with E-state index in [1.54, 1.807) is 11.3 Å². The van der Waals surface area contributed by atoms with Gasteiger partial charge in [0.2, 0.25) is 0 Å². The van der Waals surface area contributed by atoms with E-state index in [-0.39, 0.29) is 0 Å². The highest BCUT2D eigenvalue weighted by Gasteiger charge is 2.07. The van der Waals surface area contributed by atoms with E-state index >= 15 is 0 Å². The van der Waals surface area contributed by atoms with E-state index in [4.69, 9.17) is 0 Å². The van der Waals surface area contributed by atoms with Crippen molar-refractivity contribution in [2.24, 2.45) is 7.05 Å². The maximum atomic E-state index is 4.43. The number of thiophene rings is 1. The summed E-state index contributed by atoms with van der Waals surface area (Å²) in [6, 6.07) is 6.22. The van der Waals surface area contributed by atoms with Crippen LogP contribution < -0.4 is 0 Å². The minimum atomic E-state index is 0.923. The van der Waals surface area contributed by atoms with E-state index in [1.807, 2.05) is 30.3 Å². The lowest BCUT2D eigenvalue weighted by atomic mass is 10.3. The molecule has 0 fully saturated rings. The van der Waals surface area contributed by atoms with Crippen molar-refractivity contribution in [1.82, 2.24) is 19.3 Å². The van der Waals surface area contributed by atoms with Crippen molar-refractivity contribution in [3.8, 4) is 10.7 Å². The molecule has 0 spiro atoms. The van der Waals surface area contributed by atoms with Gasteiger partial charge in [-0.25, -0.2) is 4.98 Å². The first-order valence-corrected chi connectivity index (χ1v) is 6.74. The van der Waals surface area contributed by atoms with Crippen LogP contribution in [0.3, 0.4) is 0 Å². The molecule has 0 bridgehead atoms. The van der Waals surface area contributed by atoms with Gasteiger partial charge in [0.15, 0.2) is 0 Å². The molecule has 0 N–H and O–H groups in total. The van der Waals surface area contributed by atoms with E-state index in [1.165, 1.54) is 10.6 Å². The predicted octanol–water partition coefficient (Wildman–Crippen LogP) is 2.59. The normalized spacial score (nSPS) is 10.9. The molecule has 18 heavy (non-hydrogen) atoms. The molecule has 4 nitrogen and oxygen atoms in total. The topological polar surface area (TPSA) is 35.6 Å². The molecule has 92 valence electrons. The molecule has 0 aliphatic heterocycles. The molecule has 0 amide bonds. The molecule has 5 heteroatoms. The van der Waals surface area contributed by atoms with Crippen molar-refractivity contribution in [3.63, 3.8) is 0 Å². The Morgan fingerprint density at radius 2 is 2.22 bits per heavy atom. The first-order chi connectivity index (χ1) is 8.84. The first-order valence-electron chi connectivity index (χ1n) is 5.86. The molecule has 0 aliphatic carbocycles. The van der Waals surface area contributed by atoms with Gasteiger partial charge in [-0.3, -0.25) is 4.68 Å². The Labute approximate surface area is 110 Å². The second-order valence-electron chi connectivity index (χ2n) is 4.12. The van der Waals surface area contributed by atoms with Crippen LogP contribution in [0.25, 0.3) is 10.7 Å². The van der Waals surface area contributed by atoms with Crippen molar-refractivity contribution < 1.29 is 0 Å². The van der Waals surface area contributed by atoms with Crippen LogP contribution in [0.4, 0.5) is 0 Å². The molecule has 0 radical (unpaired) electrons. The third-order valence-electron chi connectivity index (χ3n) is 2.99. The second kappa shape index (κ2) is 4.78. The van der Waals surface area contributed by atoms with Crippen LogP contribution in [0.5, 0.6) is 0 Å². The molecule has 0 saturated heterocycles. The minimum absolute atomic E-state index is 0.923. The van der Waals surface area contributed by atoms with Gasteiger partial charge in [0.25, 0.3) is 0 Å². The van der Waals surface area contributed by atoms with E-state index in [2.05, 4.69) is 38.2 Å². The van der Waals surface area contributed by atoms with Crippen LogP contribution >= 0.6 is 11.3 Å². The zero-order valence-electron chi connectivity index (χ0n) is 10.2. The van der Waals surface area contributed by atoms with Crippen molar-refractivity contribution in [2.45, 2.75) is 13.0 Å². The van der Waals surface area contributed by atoms with Crippen LogP contribution in [-0.4, -0.2) is 19.3 Å². The smallest absolute Gasteiger partial charge is 0.149 e. The number of aryl methyl sites for hydroxylation is 3.